The molecule has 2 saturated carbocycles. The van der Waals surface area contributed by atoms with Crippen molar-refractivity contribution in [2.75, 3.05) is 5.73 Å². The second-order valence-electron chi connectivity index (χ2n) is 4.35. The molecule has 1 heterocycles. The Bertz CT molecular complexity index is 313. The third-order valence-electron chi connectivity index (χ3n) is 3.11. The molecule has 3 nitrogen and oxygen atoms in total. The van der Waals surface area contributed by atoms with Crippen molar-refractivity contribution < 1.29 is 0 Å². The largest absolute Gasteiger partial charge is 0.384 e. The van der Waals surface area contributed by atoms with E-state index >= 15 is 0 Å². The average Bonchev–Trinajstić information content (AvgIpc) is 2.99. The molecule has 0 atom stereocenters. The number of anilines is 1. The van der Waals surface area contributed by atoms with Crippen molar-refractivity contribution in [1.29, 1.82) is 0 Å². The Labute approximate surface area is 78.0 Å². The van der Waals surface area contributed by atoms with Gasteiger partial charge in [-0.15, -0.1) is 0 Å². The number of nitrogen functional groups attached to an aromatic ring is 1. The van der Waals surface area contributed by atoms with Crippen LogP contribution in [0.1, 0.15) is 49.0 Å². The fourth-order valence-corrected chi connectivity index (χ4v) is 1.91. The van der Waals surface area contributed by atoms with Gasteiger partial charge in [0.05, 0.1) is 5.69 Å². The first-order valence-electron chi connectivity index (χ1n) is 5.09. The molecule has 13 heavy (non-hydrogen) atoms. The van der Waals surface area contributed by atoms with Crippen LogP contribution in [-0.4, -0.2) is 9.55 Å². The maximum Gasteiger partial charge on any atom is 0.126 e. The van der Waals surface area contributed by atoms with Crippen molar-refractivity contribution in [3.8, 4) is 0 Å². The van der Waals surface area contributed by atoms with Crippen LogP contribution < -0.4 is 5.73 Å². The van der Waals surface area contributed by atoms with Crippen LogP contribution in [0.15, 0.2) is 0 Å². The summed E-state index contributed by atoms with van der Waals surface area (Å²) in [7, 11) is 2.04. The number of nitrogens with two attached hydrogens (primary N) is 1. The Morgan fingerprint density at radius 1 is 1.23 bits per heavy atom. The summed E-state index contributed by atoms with van der Waals surface area (Å²) in [4.78, 5) is 4.67. The highest BCUT2D eigenvalue weighted by Crippen LogP contribution is 2.45. The molecule has 0 aliphatic heterocycles. The molecule has 2 aliphatic rings. The van der Waals surface area contributed by atoms with Gasteiger partial charge in [-0.2, -0.15) is 0 Å². The molecule has 0 radical (unpaired) electrons. The van der Waals surface area contributed by atoms with Crippen LogP contribution in [0.4, 0.5) is 5.82 Å². The first kappa shape index (κ1) is 7.42. The Balaban J connectivity index is 2.04. The topological polar surface area (TPSA) is 43.8 Å². The smallest absolute Gasteiger partial charge is 0.126 e. The first-order chi connectivity index (χ1) is 6.27. The third-order valence-corrected chi connectivity index (χ3v) is 3.11. The summed E-state index contributed by atoms with van der Waals surface area (Å²) in [5.74, 6) is 3.52. The van der Waals surface area contributed by atoms with Gasteiger partial charge in [0.25, 0.3) is 0 Å². The van der Waals surface area contributed by atoms with Gasteiger partial charge in [-0.05, 0) is 25.7 Å². The molecule has 2 aliphatic carbocycles. The number of hydrogen-bond acceptors (Lipinski definition) is 2. The zero-order valence-corrected chi connectivity index (χ0v) is 7.95. The maximum atomic E-state index is 6.01. The standard InChI is InChI=1S/C10H15N3/c1-13-9(11)8(6-2-3-6)12-10(13)7-4-5-7/h6-7H,2-5,11H2,1H3. The first-order valence-corrected chi connectivity index (χ1v) is 5.09. The van der Waals surface area contributed by atoms with Gasteiger partial charge in [0.15, 0.2) is 0 Å². The molecule has 0 bridgehead atoms. The zero-order valence-electron chi connectivity index (χ0n) is 7.95. The fraction of sp³-hybridized carbons (Fsp3) is 0.700. The quantitative estimate of drug-likeness (QED) is 0.748. The van der Waals surface area contributed by atoms with Crippen LogP contribution >= 0.6 is 0 Å². The molecule has 1 aromatic heterocycles. The number of imidazole rings is 1. The molecule has 2 fully saturated rings. The summed E-state index contributed by atoms with van der Waals surface area (Å²) < 4.78 is 2.09. The lowest BCUT2D eigenvalue weighted by Gasteiger charge is -1.99. The number of rotatable bonds is 2. The Kier molecular flexibility index (Phi) is 1.30. The number of nitrogens with zero attached hydrogens (tertiary/aromatic N) is 2. The summed E-state index contributed by atoms with van der Waals surface area (Å²) in [6.07, 6.45) is 5.17. The second kappa shape index (κ2) is 2.28. The van der Waals surface area contributed by atoms with Crippen LogP contribution in [0, 0.1) is 0 Å². The lowest BCUT2D eigenvalue weighted by atomic mass is 10.3. The minimum atomic E-state index is 0.679. The van der Waals surface area contributed by atoms with Gasteiger partial charge in [0, 0.05) is 18.9 Å². The molecule has 3 rings (SSSR count). The third kappa shape index (κ3) is 1.06. The van der Waals surface area contributed by atoms with E-state index in [1.807, 2.05) is 7.05 Å². The summed E-state index contributed by atoms with van der Waals surface area (Å²) in [6.45, 7) is 0. The molecule has 0 aromatic carbocycles. The monoisotopic (exact) mass is 177 g/mol. The molecule has 0 unspecified atom stereocenters. The van der Waals surface area contributed by atoms with Gasteiger partial charge in [-0.3, -0.25) is 0 Å². The van der Waals surface area contributed by atoms with Crippen LogP contribution in [0.2, 0.25) is 0 Å². The van der Waals surface area contributed by atoms with E-state index in [4.69, 9.17) is 5.73 Å². The highest BCUT2D eigenvalue weighted by Gasteiger charge is 2.34. The number of aromatic nitrogens is 2. The van der Waals surface area contributed by atoms with E-state index in [9.17, 15) is 0 Å². The minimum absolute atomic E-state index is 0.679. The van der Waals surface area contributed by atoms with E-state index in [1.165, 1.54) is 37.2 Å². The van der Waals surface area contributed by atoms with E-state index in [0.29, 0.717) is 11.8 Å². The molecule has 0 amide bonds. The van der Waals surface area contributed by atoms with Crippen molar-refractivity contribution in [2.45, 2.75) is 37.5 Å². The molecule has 70 valence electrons. The van der Waals surface area contributed by atoms with Crippen LogP contribution in [-0.2, 0) is 7.05 Å². The van der Waals surface area contributed by atoms with Crippen LogP contribution in [0.25, 0.3) is 0 Å². The van der Waals surface area contributed by atoms with Crippen molar-refractivity contribution in [3.05, 3.63) is 11.5 Å². The Morgan fingerprint density at radius 2 is 1.85 bits per heavy atom. The summed E-state index contributed by atoms with van der Waals surface area (Å²) in [5, 5.41) is 0. The average molecular weight is 177 g/mol. The Hall–Kier alpha value is -0.990. The van der Waals surface area contributed by atoms with Gasteiger partial charge in [0.1, 0.15) is 11.6 Å². The van der Waals surface area contributed by atoms with Crippen LogP contribution in [0.5, 0.6) is 0 Å². The number of hydrogen-bond donors (Lipinski definition) is 1. The summed E-state index contributed by atoms with van der Waals surface area (Å²) >= 11 is 0. The highest BCUT2D eigenvalue weighted by atomic mass is 15.1. The lowest BCUT2D eigenvalue weighted by molar-refractivity contribution is 0.806. The van der Waals surface area contributed by atoms with E-state index in [-0.39, 0.29) is 0 Å². The van der Waals surface area contributed by atoms with Gasteiger partial charge in [-0.1, -0.05) is 0 Å². The maximum absolute atomic E-state index is 6.01. The van der Waals surface area contributed by atoms with Crippen molar-refractivity contribution >= 4 is 5.82 Å². The zero-order chi connectivity index (χ0) is 9.00. The van der Waals surface area contributed by atoms with Gasteiger partial charge in [0.2, 0.25) is 0 Å². The Morgan fingerprint density at radius 3 is 2.38 bits per heavy atom. The second-order valence-corrected chi connectivity index (χ2v) is 4.35. The van der Waals surface area contributed by atoms with E-state index in [0.717, 1.165) is 5.82 Å². The minimum Gasteiger partial charge on any atom is -0.384 e. The SMILES string of the molecule is Cn1c(C2CC2)nc(C2CC2)c1N. The normalized spacial score (nSPS) is 22.2. The lowest BCUT2D eigenvalue weighted by Crippen LogP contribution is -2.00. The molecule has 0 saturated heterocycles. The molecule has 3 heteroatoms. The van der Waals surface area contributed by atoms with Crippen LogP contribution in [0.3, 0.4) is 0 Å². The van der Waals surface area contributed by atoms with Crippen molar-refractivity contribution in [1.82, 2.24) is 9.55 Å². The van der Waals surface area contributed by atoms with Gasteiger partial charge < -0.3 is 10.3 Å². The summed E-state index contributed by atoms with van der Waals surface area (Å²) in [6, 6.07) is 0. The molecular weight excluding hydrogens is 162 g/mol. The predicted molar refractivity (Wildman–Crippen MR) is 51.6 cm³/mol. The predicted octanol–water partition coefficient (Wildman–Crippen LogP) is 1.76. The van der Waals surface area contributed by atoms with E-state index in [2.05, 4.69) is 9.55 Å². The fourth-order valence-electron chi connectivity index (χ4n) is 1.91. The van der Waals surface area contributed by atoms with Crippen molar-refractivity contribution in [3.63, 3.8) is 0 Å². The van der Waals surface area contributed by atoms with Crippen molar-refractivity contribution in [2.24, 2.45) is 7.05 Å². The summed E-state index contributed by atoms with van der Waals surface area (Å²) in [5.41, 5.74) is 7.18. The molecule has 0 spiro atoms. The highest BCUT2D eigenvalue weighted by molar-refractivity contribution is 5.43. The van der Waals surface area contributed by atoms with E-state index < -0.39 is 0 Å². The van der Waals surface area contributed by atoms with Gasteiger partial charge in [-0.25, -0.2) is 4.98 Å². The molecule has 2 N–H and O–H groups in total. The molecular formula is C10H15N3. The van der Waals surface area contributed by atoms with Gasteiger partial charge >= 0.3 is 0 Å². The molecule has 1 aromatic rings. The van der Waals surface area contributed by atoms with E-state index in [1.54, 1.807) is 0 Å².